The maximum absolute atomic E-state index is 14.7. The first-order valence-corrected chi connectivity index (χ1v) is 8.76. The molecule has 0 radical (unpaired) electrons. The number of anilines is 1. The van der Waals surface area contributed by atoms with Gasteiger partial charge in [-0.2, -0.15) is 0 Å². The number of hydrogen-bond donors (Lipinski definition) is 1. The largest absolute Gasteiger partial charge is 0.496 e. The molecule has 5 heteroatoms. The van der Waals surface area contributed by atoms with Crippen molar-refractivity contribution in [2.24, 2.45) is 0 Å². The molecule has 1 saturated carbocycles. The Kier molecular flexibility index (Phi) is 4.07. The molecule has 0 atom stereocenters. The summed E-state index contributed by atoms with van der Waals surface area (Å²) in [5, 5.41) is 3.63. The second kappa shape index (κ2) is 6.39. The molecule has 1 aliphatic carbocycles. The molecule has 25 heavy (non-hydrogen) atoms. The molecule has 4 nitrogen and oxygen atoms in total. The second-order valence-corrected chi connectivity index (χ2v) is 6.61. The zero-order chi connectivity index (χ0) is 17.4. The number of methoxy groups -OCH3 is 1. The van der Waals surface area contributed by atoms with Gasteiger partial charge in [0, 0.05) is 11.7 Å². The van der Waals surface area contributed by atoms with E-state index < -0.39 is 0 Å². The third kappa shape index (κ3) is 2.73. The summed E-state index contributed by atoms with van der Waals surface area (Å²) in [5.41, 5.74) is 2.89. The van der Waals surface area contributed by atoms with E-state index in [1.165, 1.54) is 18.9 Å². The highest BCUT2D eigenvalue weighted by atomic mass is 19.1. The summed E-state index contributed by atoms with van der Waals surface area (Å²) in [6.07, 6.45) is 4.72. The number of hydrogen-bond acceptors (Lipinski definition) is 3. The molecule has 2 heterocycles. The van der Waals surface area contributed by atoms with Crippen molar-refractivity contribution in [1.82, 2.24) is 9.38 Å². The van der Waals surface area contributed by atoms with Gasteiger partial charge in [-0.15, -0.1) is 0 Å². The minimum absolute atomic E-state index is 0.324. The van der Waals surface area contributed by atoms with Crippen molar-refractivity contribution < 1.29 is 9.13 Å². The second-order valence-electron chi connectivity index (χ2n) is 6.61. The van der Waals surface area contributed by atoms with Crippen LogP contribution in [-0.4, -0.2) is 22.5 Å². The molecule has 0 aliphatic heterocycles. The lowest BCUT2D eigenvalue weighted by molar-refractivity contribution is 0.413. The summed E-state index contributed by atoms with van der Waals surface area (Å²) in [7, 11) is 1.56. The Morgan fingerprint density at radius 2 is 1.92 bits per heavy atom. The average molecular weight is 339 g/mol. The monoisotopic (exact) mass is 339 g/mol. The van der Waals surface area contributed by atoms with Gasteiger partial charge in [0.2, 0.25) is 0 Å². The molecule has 1 aliphatic rings. The van der Waals surface area contributed by atoms with Crippen LogP contribution in [-0.2, 0) is 0 Å². The smallest absolute Gasteiger partial charge is 0.139 e. The predicted octanol–water partition coefficient (Wildman–Crippen LogP) is 4.81. The summed E-state index contributed by atoms with van der Waals surface area (Å²) >= 11 is 0. The quantitative estimate of drug-likeness (QED) is 0.741. The summed E-state index contributed by atoms with van der Waals surface area (Å²) in [6.45, 7) is 2.04. The number of ether oxygens (including phenoxy) is 1. The van der Waals surface area contributed by atoms with E-state index in [1.807, 2.05) is 25.1 Å². The van der Waals surface area contributed by atoms with Gasteiger partial charge in [-0.25, -0.2) is 9.37 Å². The molecule has 3 aromatic rings. The highest BCUT2D eigenvalue weighted by molar-refractivity contribution is 5.81. The Morgan fingerprint density at radius 1 is 1.16 bits per heavy atom. The topological polar surface area (TPSA) is 38.6 Å². The zero-order valence-electron chi connectivity index (χ0n) is 14.6. The fourth-order valence-electron chi connectivity index (χ4n) is 3.73. The molecule has 130 valence electrons. The number of aryl methyl sites for hydroxylation is 1. The van der Waals surface area contributed by atoms with Gasteiger partial charge in [0.25, 0.3) is 0 Å². The van der Waals surface area contributed by atoms with Crippen LogP contribution in [0.3, 0.4) is 0 Å². The first-order valence-electron chi connectivity index (χ1n) is 8.76. The van der Waals surface area contributed by atoms with E-state index in [-0.39, 0.29) is 5.82 Å². The lowest BCUT2D eigenvalue weighted by atomic mass is 10.1. The number of rotatable bonds is 4. The van der Waals surface area contributed by atoms with Crippen molar-refractivity contribution >= 4 is 11.5 Å². The maximum atomic E-state index is 14.7. The highest BCUT2D eigenvalue weighted by Crippen LogP contribution is 2.38. The number of nitrogens with zero attached hydrogens (tertiary/aromatic N) is 2. The Hall–Kier alpha value is -2.56. The molecule has 1 fully saturated rings. The summed E-state index contributed by atoms with van der Waals surface area (Å²) < 4.78 is 22.2. The number of nitrogens with one attached hydrogen (secondary N) is 1. The minimum Gasteiger partial charge on any atom is -0.496 e. The lowest BCUT2D eigenvalue weighted by Crippen LogP contribution is -2.17. The van der Waals surface area contributed by atoms with E-state index in [9.17, 15) is 4.39 Å². The van der Waals surface area contributed by atoms with Crippen LogP contribution in [0.5, 0.6) is 5.75 Å². The van der Waals surface area contributed by atoms with Crippen molar-refractivity contribution in [3.63, 3.8) is 0 Å². The van der Waals surface area contributed by atoms with E-state index in [0.29, 0.717) is 23.0 Å². The van der Waals surface area contributed by atoms with Gasteiger partial charge in [-0.1, -0.05) is 25.0 Å². The van der Waals surface area contributed by atoms with E-state index in [4.69, 9.17) is 9.72 Å². The number of fused-ring (bicyclic) bond motifs is 1. The van der Waals surface area contributed by atoms with Crippen LogP contribution < -0.4 is 10.1 Å². The third-order valence-corrected chi connectivity index (χ3v) is 4.97. The van der Waals surface area contributed by atoms with Crippen molar-refractivity contribution in [3.05, 3.63) is 47.9 Å². The van der Waals surface area contributed by atoms with Gasteiger partial charge in [0.15, 0.2) is 0 Å². The third-order valence-electron chi connectivity index (χ3n) is 4.97. The maximum Gasteiger partial charge on any atom is 0.139 e. The van der Waals surface area contributed by atoms with Crippen molar-refractivity contribution in [2.75, 3.05) is 12.4 Å². The average Bonchev–Trinajstić information content (AvgIpc) is 3.24. The van der Waals surface area contributed by atoms with Crippen molar-refractivity contribution in [1.29, 1.82) is 0 Å². The molecule has 4 rings (SSSR count). The first-order chi connectivity index (χ1) is 12.2. The molecular formula is C20H22FN3O. The van der Waals surface area contributed by atoms with E-state index in [1.54, 1.807) is 19.2 Å². The van der Waals surface area contributed by atoms with Crippen LogP contribution in [0.2, 0.25) is 0 Å². The van der Waals surface area contributed by atoms with Gasteiger partial charge >= 0.3 is 0 Å². The Balaban J connectivity index is 1.96. The van der Waals surface area contributed by atoms with Gasteiger partial charge in [0.1, 0.15) is 28.7 Å². The number of halogens is 1. The van der Waals surface area contributed by atoms with E-state index in [0.717, 1.165) is 30.0 Å². The van der Waals surface area contributed by atoms with Gasteiger partial charge < -0.3 is 10.1 Å². The van der Waals surface area contributed by atoms with Crippen molar-refractivity contribution in [3.8, 4) is 17.0 Å². The van der Waals surface area contributed by atoms with Crippen LogP contribution in [0, 0.1) is 12.7 Å². The molecule has 1 aromatic carbocycles. The number of benzene rings is 1. The Bertz CT molecular complexity index is 913. The van der Waals surface area contributed by atoms with Crippen LogP contribution in [0.4, 0.5) is 10.2 Å². The molecule has 0 saturated heterocycles. The number of imidazole rings is 1. The highest BCUT2D eigenvalue weighted by Gasteiger charge is 2.24. The summed E-state index contributed by atoms with van der Waals surface area (Å²) in [4.78, 5) is 4.74. The molecular weight excluding hydrogens is 317 g/mol. The van der Waals surface area contributed by atoms with Crippen LogP contribution in [0.25, 0.3) is 16.9 Å². The zero-order valence-corrected chi connectivity index (χ0v) is 14.6. The Labute approximate surface area is 146 Å². The SMILES string of the molecule is COc1cccc(F)c1-c1nc2cccc(C)n2c1NC1CCCC1. The molecule has 0 amide bonds. The van der Waals surface area contributed by atoms with Crippen LogP contribution in [0.1, 0.15) is 31.4 Å². The molecule has 0 bridgehead atoms. The van der Waals surface area contributed by atoms with Gasteiger partial charge in [0.05, 0.1) is 12.7 Å². The van der Waals surface area contributed by atoms with Gasteiger partial charge in [-0.3, -0.25) is 4.40 Å². The lowest BCUT2D eigenvalue weighted by Gasteiger charge is -2.17. The van der Waals surface area contributed by atoms with Crippen molar-refractivity contribution in [2.45, 2.75) is 38.6 Å². The van der Waals surface area contributed by atoms with Gasteiger partial charge in [-0.05, 0) is 44.0 Å². The fourth-order valence-corrected chi connectivity index (χ4v) is 3.73. The molecule has 1 N–H and O–H groups in total. The number of aromatic nitrogens is 2. The van der Waals surface area contributed by atoms with Crippen LogP contribution in [0.15, 0.2) is 36.4 Å². The van der Waals surface area contributed by atoms with E-state index >= 15 is 0 Å². The summed E-state index contributed by atoms with van der Waals surface area (Å²) in [5.74, 6) is 1.02. The first kappa shape index (κ1) is 15.9. The van der Waals surface area contributed by atoms with E-state index in [2.05, 4.69) is 9.72 Å². The molecule has 2 aromatic heterocycles. The van der Waals surface area contributed by atoms with Crippen LogP contribution >= 0.6 is 0 Å². The fraction of sp³-hybridized carbons (Fsp3) is 0.350. The summed E-state index contributed by atoms with van der Waals surface area (Å²) in [6, 6.07) is 11.2. The normalized spacial score (nSPS) is 15.0. The standard InChI is InChI=1S/C20H22FN3O/c1-13-7-5-12-17-23-19(18-15(21)10-6-11-16(18)25-2)20(24(13)17)22-14-8-3-4-9-14/h5-7,10-12,14,22H,3-4,8-9H2,1-2H3. The predicted molar refractivity (Wildman–Crippen MR) is 97.8 cm³/mol. The Morgan fingerprint density at radius 3 is 2.68 bits per heavy atom. The number of pyridine rings is 1. The minimum atomic E-state index is -0.324. The molecule has 0 spiro atoms. The molecule has 0 unspecified atom stereocenters.